The molecule has 8 heteroatoms. The van der Waals surface area contributed by atoms with E-state index in [1.54, 1.807) is 0 Å². The van der Waals surface area contributed by atoms with Gasteiger partial charge in [0.05, 0.1) is 0 Å². The quantitative estimate of drug-likeness (QED) is 0.391. The monoisotopic (exact) mass is 257 g/mol. The minimum absolute atomic E-state index is 0.564. The third-order valence-electron chi connectivity index (χ3n) is 1.78. The number of carbonyl (C=O) groups is 2. The summed E-state index contributed by atoms with van der Waals surface area (Å²) in [4.78, 5) is 22.2. The average molecular weight is 258 g/mol. The first kappa shape index (κ1) is 11.8. The Hall–Kier alpha value is -0.270. The minimum Gasteiger partial charge on any atom is -0.288 e. The van der Waals surface area contributed by atoms with Crippen LogP contribution in [0.15, 0.2) is 0 Å². The lowest BCUT2D eigenvalue weighted by Crippen LogP contribution is -2.31. The van der Waals surface area contributed by atoms with E-state index in [9.17, 15) is 18.0 Å². The molecular formula is C6H8ClNO4S2. The summed E-state index contributed by atoms with van der Waals surface area (Å²) in [5, 5.41) is -0.928. The van der Waals surface area contributed by atoms with E-state index >= 15 is 0 Å². The highest BCUT2D eigenvalue weighted by molar-refractivity contribution is 8.12. The van der Waals surface area contributed by atoms with E-state index in [-0.39, 0.29) is 0 Å². The molecule has 0 spiro atoms. The van der Waals surface area contributed by atoms with Crippen LogP contribution in [0.25, 0.3) is 0 Å². The first-order chi connectivity index (χ1) is 6.25. The summed E-state index contributed by atoms with van der Waals surface area (Å²) in [5.74, 6) is -1.84. The summed E-state index contributed by atoms with van der Waals surface area (Å²) in [6.07, 6.45) is 0.976. The molecule has 14 heavy (non-hydrogen) atoms. The lowest BCUT2D eigenvalue weighted by atomic mass is 10.2. The van der Waals surface area contributed by atoms with Gasteiger partial charge in [-0.2, -0.15) is 0 Å². The maximum Gasteiger partial charge on any atom is 0.246 e. The van der Waals surface area contributed by atoms with E-state index in [1.165, 1.54) is 7.05 Å². The van der Waals surface area contributed by atoms with Crippen LogP contribution >= 0.6 is 23.5 Å². The van der Waals surface area contributed by atoms with Gasteiger partial charge in [0.25, 0.3) is 0 Å². The van der Waals surface area contributed by atoms with Crippen LogP contribution in [0, 0.1) is 5.92 Å². The predicted molar refractivity (Wildman–Crippen MR) is 53.3 cm³/mol. The molecule has 0 aromatic carbocycles. The number of hydrogen-bond donors (Lipinski definition) is 0. The summed E-state index contributed by atoms with van der Waals surface area (Å²) in [7, 11) is -2.06. The molecule has 5 nitrogen and oxygen atoms in total. The van der Waals surface area contributed by atoms with Gasteiger partial charge in [-0.15, -0.1) is 0 Å². The maximum absolute atomic E-state index is 11.3. The fraction of sp³-hybridized carbons (Fsp3) is 0.667. The summed E-state index contributed by atoms with van der Waals surface area (Å²) in [6, 6.07) is 0. The second-order valence-corrected chi connectivity index (χ2v) is 7.03. The van der Waals surface area contributed by atoms with Crippen molar-refractivity contribution in [3.63, 3.8) is 0 Å². The molecule has 2 atom stereocenters. The van der Waals surface area contributed by atoms with Gasteiger partial charge >= 0.3 is 0 Å². The molecule has 1 fully saturated rings. The second-order valence-electron chi connectivity index (χ2n) is 2.92. The van der Waals surface area contributed by atoms with Crippen molar-refractivity contribution < 1.29 is 18.0 Å². The van der Waals surface area contributed by atoms with Crippen molar-refractivity contribution in [3.05, 3.63) is 0 Å². The van der Waals surface area contributed by atoms with Gasteiger partial charge in [0.15, 0.2) is 9.84 Å². The number of nitrogens with zero attached hydrogens (tertiary/aromatic N) is 1. The topological polar surface area (TPSA) is 71.5 Å². The zero-order valence-corrected chi connectivity index (χ0v) is 9.82. The molecule has 80 valence electrons. The van der Waals surface area contributed by atoms with E-state index in [2.05, 4.69) is 0 Å². The first-order valence-electron chi connectivity index (χ1n) is 3.57. The van der Waals surface area contributed by atoms with Gasteiger partial charge in [0.2, 0.25) is 11.1 Å². The third kappa shape index (κ3) is 2.04. The average Bonchev–Trinajstić information content (AvgIpc) is 2.27. The standard InChI is InChI=1S/C6H8ClNO4S2/c1-8-5(10)3(4(7)9)6(13-8)14(2,11)12/h3,6H,1-2H3. The van der Waals surface area contributed by atoms with Crippen molar-refractivity contribution in [2.24, 2.45) is 5.92 Å². The van der Waals surface area contributed by atoms with E-state index < -0.39 is 31.5 Å². The number of carbonyl (C=O) groups excluding carboxylic acids is 2. The van der Waals surface area contributed by atoms with Gasteiger partial charge in [-0.3, -0.25) is 13.9 Å². The molecule has 1 rings (SSSR count). The van der Waals surface area contributed by atoms with E-state index in [0.717, 1.165) is 22.5 Å². The summed E-state index contributed by atoms with van der Waals surface area (Å²) >= 11 is 5.99. The van der Waals surface area contributed by atoms with Crippen molar-refractivity contribution in [2.45, 2.75) is 4.58 Å². The van der Waals surface area contributed by atoms with Crippen LogP contribution in [-0.4, -0.2) is 41.8 Å². The van der Waals surface area contributed by atoms with Crippen LogP contribution in [0.3, 0.4) is 0 Å². The van der Waals surface area contributed by atoms with E-state index in [4.69, 9.17) is 11.6 Å². The molecule has 0 aromatic heterocycles. The van der Waals surface area contributed by atoms with Gasteiger partial charge in [-0.1, -0.05) is 0 Å². The maximum atomic E-state index is 11.3. The van der Waals surface area contributed by atoms with Crippen molar-refractivity contribution >= 4 is 44.5 Å². The van der Waals surface area contributed by atoms with Crippen LogP contribution in [0.4, 0.5) is 0 Å². The van der Waals surface area contributed by atoms with Crippen molar-refractivity contribution in [2.75, 3.05) is 13.3 Å². The molecule has 1 aliphatic rings. The van der Waals surface area contributed by atoms with Gasteiger partial charge in [0, 0.05) is 13.3 Å². The molecule has 1 aliphatic heterocycles. The molecule has 2 unspecified atom stereocenters. The molecular weight excluding hydrogens is 250 g/mol. The van der Waals surface area contributed by atoms with E-state index in [0.29, 0.717) is 0 Å². The molecule has 0 aliphatic carbocycles. The lowest BCUT2D eigenvalue weighted by molar-refractivity contribution is -0.132. The van der Waals surface area contributed by atoms with Crippen LogP contribution in [0.2, 0.25) is 0 Å². The Labute approximate surface area is 90.8 Å². The smallest absolute Gasteiger partial charge is 0.246 e. The Balaban J connectivity index is 3.10. The van der Waals surface area contributed by atoms with Crippen LogP contribution in [0.5, 0.6) is 0 Å². The molecule has 0 radical (unpaired) electrons. The van der Waals surface area contributed by atoms with Crippen LogP contribution < -0.4 is 0 Å². The molecule has 0 N–H and O–H groups in total. The van der Waals surface area contributed by atoms with E-state index in [1.807, 2.05) is 0 Å². The molecule has 1 saturated heterocycles. The van der Waals surface area contributed by atoms with Crippen LogP contribution in [0.1, 0.15) is 0 Å². The highest BCUT2D eigenvalue weighted by Gasteiger charge is 2.49. The summed E-state index contributed by atoms with van der Waals surface area (Å²) < 4.78 is 22.5. The Morgan fingerprint density at radius 2 is 2.07 bits per heavy atom. The van der Waals surface area contributed by atoms with Crippen molar-refractivity contribution in [3.8, 4) is 0 Å². The number of amides is 1. The van der Waals surface area contributed by atoms with Crippen molar-refractivity contribution in [1.82, 2.24) is 4.31 Å². The van der Waals surface area contributed by atoms with Gasteiger partial charge < -0.3 is 0 Å². The fourth-order valence-electron chi connectivity index (χ4n) is 1.11. The largest absolute Gasteiger partial charge is 0.288 e. The zero-order valence-electron chi connectivity index (χ0n) is 7.43. The zero-order chi connectivity index (χ0) is 11.1. The number of hydrogen-bond acceptors (Lipinski definition) is 5. The second kappa shape index (κ2) is 3.71. The highest BCUT2D eigenvalue weighted by atomic mass is 35.5. The van der Waals surface area contributed by atoms with Crippen molar-refractivity contribution in [1.29, 1.82) is 0 Å². The molecule has 0 bridgehead atoms. The highest BCUT2D eigenvalue weighted by Crippen LogP contribution is 2.37. The number of sulfone groups is 1. The normalized spacial score (nSPS) is 28.2. The lowest BCUT2D eigenvalue weighted by Gasteiger charge is -2.08. The molecule has 0 aromatic rings. The SMILES string of the molecule is CN1SC(S(C)(=O)=O)C(C(=O)Cl)C1=O. The first-order valence-corrected chi connectivity index (χ1v) is 6.74. The minimum atomic E-state index is -3.47. The molecule has 1 heterocycles. The Morgan fingerprint density at radius 3 is 2.36 bits per heavy atom. The number of rotatable bonds is 2. The summed E-state index contributed by atoms with van der Waals surface area (Å²) in [5.41, 5.74) is 0. The van der Waals surface area contributed by atoms with Crippen LogP contribution in [-0.2, 0) is 19.4 Å². The number of halogens is 1. The third-order valence-corrected chi connectivity index (χ3v) is 5.41. The van der Waals surface area contributed by atoms with Gasteiger partial charge in [-0.25, -0.2) is 8.42 Å². The molecule has 1 amide bonds. The fourth-order valence-corrected chi connectivity index (χ4v) is 4.12. The predicted octanol–water partition coefficient (Wildman–Crippen LogP) is -0.141. The summed E-state index contributed by atoms with van der Waals surface area (Å²) in [6.45, 7) is 0. The Bertz CT molecular complexity index is 379. The van der Waals surface area contributed by atoms with Gasteiger partial charge in [-0.05, 0) is 23.5 Å². The Kier molecular flexibility index (Phi) is 3.13. The molecule has 0 saturated carbocycles. The Morgan fingerprint density at radius 1 is 1.57 bits per heavy atom. The van der Waals surface area contributed by atoms with Gasteiger partial charge in [0.1, 0.15) is 10.5 Å².